The number of piperazine rings is 1. The van der Waals surface area contributed by atoms with Crippen LogP contribution >= 0.6 is 0 Å². The van der Waals surface area contributed by atoms with Crippen molar-refractivity contribution in [3.63, 3.8) is 0 Å². The first kappa shape index (κ1) is 16.3. The average molecular weight is 281 g/mol. The van der Waals surface area contributed by atoms with Gasteiger partial charge in [-0.15, -0.1) is 0 Å². The molecular formula is C17H35N3. The quantitative estimate of drug-likeness (QED) is 0.774. The fourth-order valence-electron chi connectivity index (χ4n) is 4.21. The zero-order valence-corrected chi connectivity index (χ0v) is 14.1. The normalized spacial score (nSPS) is 31.2. The molecule has 0 radical (unpaired) electrons. The SMILES string of the molecule is CCCC(C)(CNCC)CN1CC2CCCN2CC1C. The Morgan fingerprint density at radius 2 is 2.05 bits per heavy atom. The molecule has 0 aromatic carbocycles. The standard InChI is InChI=1S/C17H35N3/c1-5-9-17(4,13-18-6-2)14-20-12-16-8-7-10-19(16)11-15(20)3/h15-16,18H,5-14H2,1-4H3. The predicted molar refractivity (Wildman–Crippen MR) is 87.2 cm³/mol. The molecule has 3 unspecified atom stereocenters. The van der Waals surface area contributed by atoms with Crippen molar-refractivity contribution in [1.82, 2.24) is 15.1 Å². The molecule has 1 N–H and O–H groups in total. The molecule has 118 valence electrons. The van der Waals surface area contributed by atoms with Crippen LogP contribution in [0.5, 0.6) is 0 Å². The zero-order valence-electron chi connectivity index (χ0n) is 14.1. The molecule has 2 aliphatic heterocycles. The lowest BCUT2D eigenvalue weighted by Crippen LogP contribution is -2.57. The number of hydrogen-bond donors (Lipinski definition) is 1. The number of nitrogens with one attached hydrogen (secondary N) is 1. The van der Waals surface area contributed by atoms with Gasteiger partial charge in [-0.2, -0.15) is 0 Å². The van der Waals surface area contributed by atoms with Gasteiger partial charge in [0.25, 0.3) is 0 Å². The van der Waals surface area contributed by atoms with Crippen LogP contribution < -0.4 is 5.32 Å². The van der Waals surface area contributed by atoms with Gasteiger partial charge in [0.1, 0.15) is 0 Å². The largest absolute Gasteiger partial charge is 0.316 e. The molecule has 2 rings (SSSR count). The monoisotopic (exact) mass is 281 g/mol. The number of fused-ring (bicyclic) bond motifs is 1. The van der Waals surface area contributed by atoms with Crippen molar-refractivity contribution in [2.24, 2.45) is 5.41 Å². The third kappa shape index (κ3) is 3.96. The highest BCUT2D eigenvalue weighted by Gasteiger charge is 2.37. The molecule has 2 fully saturated rings. The molecule has 0 aliphatic carbocycles. The van der Waals surface area contributed by atoms with Gasteiger partial charge in [0.2, 0.25) is 0 Å². The van der Waals surface area contributed by atoms with E-state index in [4.69, 9.17) is 0 Å². The molecule has 2 heterocycles. The molecule has 0 amide bonds. The van der Waals surface area contributed by atoms with Crippen LogP contribution in [-0.4, -0.2) is 61.2 Å². The van der Waals surface area contributed by atoms with Gasteiger partial charge in [-0.1, -0.05) is 27.2 Å². The molecule has 3 nitrogen and oxygen atoms in total. The Morgan fingerprint density at radius 1 is 1.25 bits per heavy atom. The van der Waals surface area contributed by atoms with Crippen molar-refractivity contribution in [2.75, 3.05) is 39.3 Å². The minimum absolute atomic E-state index is 0.430. The second-order valence-corrected chi connectivity index (χ2v) is 7.41. The summed E-state index contributed by atoms with van der Waals surface area (Å²) in [6, 6.07) is 1.57. The van der Waals surface area contributed by atoms with Crippen LogP contribution in [-0.2, 0) is 0 Å². The summed E-state index contributed by atoms with van der Waals surface area (Å²) in [6.07, 6.45) is 5.45. The number of nitrogens with zero attached hydrogens (tertiary/aromatic N) is 2. The van der Waals surface area contributed by atoms with Crippen molar-refractivity contribution in [2.45, 2.75) is 65.5 Å². The van der Waals surface area contributed by atoms with E-state index in [0.29, 0.717) is 5.41 Å². The fourth-order valence-corrected chi connectivity index (χ4v) is 4.21. The van der Waals surface area contributed by atoms with Crippen LogP contribution in [0.3, 0.4) is 0 Å². The van der Waals surface area contributed by atoms with Crippen LogP contribution in [0.2, 0.25) is 0 Å². The Morgan fingerprint density at radius 3 is 2.75 bits per heavy atom. The molecule has 20 heavy (non-hydrogen) atoms. The summed E-state index contributed by atoms with van der Waals surface area (Å²) in [5.41, 5.74) is 0.430. The number of hydrogen-bond acceptors (Lipinski definition) is 3. The van der Waals surface area contributed by atoms with E-state index in [9.17, 15) is 0 Å². The Bertz CT molecular complexity index is 294. The Labute approximate surface area is 126 Å². The van der Waals surface area contributed by atoms with Crippen molar-refractivity contribution >= 4 is 0 Å². The van der Waals surface area contributed by atoms with Crippen molar-refractivity contribution in [1.29, 1.82) is 0 Å². The first-order valence-corrected chi connectivity index (χ1v) is 8.77. The molecule has 3 atom stereocenters. The summed E-state index contributed by atoms with van der Waals surface area (Å²) in [7, 11) is 0. The summed E-state index contributed by atoms with van der Waals surface area (Å²) in [5.74, 6) is 0. The first-order chi connectivity index (χ1) is 9.58. The summed E-state index contributed by atoms with van der Waals surface area (Å²) >= 11 is 0. The smallest absolute Gasteiger partial charge is 0.0224 e. The number of rotatable bonds is 7. The van der Waals surface area contributed by atoms with E-state index in [1.54, 1.807) is 0 Å². The van der Waals surface area contributed by atoms with Gasteiger partial charge in [0, 0.05) is 38.3 Å². The lowest BCUT2D eigenvalue weighted by molar-refractivity contribution is 0.0272. The second-order valence-electron chi connectivity index (χ2n) is 7.41. The van der Waals surface area contributed by atoms with E-state index in [-0.39, 0.29) is 0 Å². The van der Waals surface area contributed by atoms with Gasteiger partial charge < -0.3 is 5.32 Å². The molecule has 0 saturated carbocycles. The van der Waals surface area contributed by atoms with E-state index in [1.165, 1.54) is 51.9 Å². The minimum Gasteiger partial charge on any atom is -0.316 e. The van der Waals surface area contributed by atoms with Gasteiger partial charge in [-0.25, -0.2) is 0 Å². The fraction of sp³-hybridized carbons (Fsp3) is 1.00. The Kier molecular flexibility index (Phi) is 5.88. The highest BCUT2D eigenvalue weighted by Crippen LogP contribution is 2.30. The lowest BCUT2D eigenvalue weighted by atomic mass is 9.84. The van der Waals surface area contributed by atoms with Crippen molar-refractivity contribution in [3.05, 3.63) is 0 Å². The van der Waals surface area contributed by atoms with E-state index >= 15 is 0 Å². The summed E-state index contributed by atoms with van der Waals surface area (Å²) in [5, 5.41) is 3.59. The van der Waals surface area contributed by atoms with Gasteiger partial charge >= 0.3 is 0 Å². The third-order valence-electron chi connectivity index (χ3n) is 5.31. The zero-order chi connectivity index (χ0) is 14.6. The molecule has 0 aromatic heterocycles. The predicted octanol–water partition coefficient (Wildman–Crippen LogP) is 2.57. The maximum absolute atomic E-state index is 3.59. The topological polar surface area (TPSA) is 18.5 Å². The van der Waals surface area contributed by atoms with E-state index < -0.39 is 0 Å². The molecule has 2 aliphatic rings. The molecule has 0 spiro atoms. The molecule has 3 heteroatoms. The van der Waals surface area contributed by atoms with Crippen LogP contribution in [0.1, 0.15) is 53.4 Å². The second kappa shape index (κ2) is 7.24. The Hall–Kier alpha value is -0.120. The lowest BCUT2D eigenvalue weighted by Gasteiger charge is -2.46. The van der Waals surface area contributed by atoms with Gasteiger partial charge in [0.05, 0.1) is 0 Å². The maximum atomic E-state index is 3.59. The third-order valence-corrected chi connectivity index (χ3v) is 5.31. The summed E-state index contributed by atoms with van der Waals surface area (Å²) in [4.78, 5) is 5.50. The molecular weight excluding hydrogens is 246 g/mol. The maximum Gasteiger partial charge on any atom is 0.0224 e. The first-order valence-electron chi connectivity index (χ1n) is 8.77. The van der Waals surface area contributed by atoms with E-state index in [2.05, 4.69) is 42.8 Å². The van der Waals surface area contributed by atoms with Crippen LogP contribution in [0.25, 0.3) is 0 Å². The highest BCUT2D eigenvalue weighted by molar-refractivity contribution is 4.93. The van der Waals surface area contributed by atoms with E-state index in [1.807, 2.05) is 0 Å². The molecule has 0 bridgehead atoms. The van der Waals surface area contributed by atoms with Gasteiger partial charge in [0.15, 0.2) is 0 Å². The van der Waals surface area contributed by atoms with Crippen LogP contribution in [0, 0.1) is 5.41 Å². The van der Waals surface area contributed by atoms with Gasteiger partial charge in [-0.05, 0) is 44.7 Å². The van der Waals surface area contributed by atoms with Crippen LogP contribution in [0.15, 0.2) is 0 Å². The van der Waals surface area contributed by atoms with Crippen molar-refractivity contribution < 1.29 is 0 Å². The molecule has 2 saturated heterocycles. The minimum atomic E-state index is 0.430. The Balaban J connectivity index is 1.94. The van der Waals surface area contributed by atoms with Gasteiger partial charge in [-0.3, -0.25) is 9.80 Å². The molecule has 0 aromatic rings. The van der Waals surface area contributed by atoms with E-state index in [0.717, 1.165) is 25.2 Å². The van der Waals surface area contributed by atoms with Crippen molar-refractivity contribution in [3.8, 4) is 0 Å². The summed E-state index contributed by atoms with van der Waals surface area (Å²) in [6.45, 7) is 16.9. The summed E-state index contributed by atoms with van der Waals surface area (Å²) < 4.78 is 0. The van der Waals surface area contributed by atoms with Crippen LogP contribution in [0.4, 0.5) is 0 Å². The highest BCUT2D eigenvalue weighted by atomic mass is 15.3. The average Bonchev–Trinajstić information content (AvgIpc) is 2.84.